The molecule has 3 heteroatoms. The van der Waals surface area contributed by atoms with E-state index in [0.717, 1.165) is 24.0 Å². The van der Waals surface area contributed by atoms with Gasteiger partial charge in [0.15, 0.2) is 11.5 Å². The van der Waals surface area contributed by atoms with Crippen molar-refractivity contribution < 1.29 is 9.47 Å². The Balaban J connectivity index is 1.89. The predicted molar refractivity (Wildman–Crippen MR) is 87.0 cm³/mol. The number of methoxy groups -OCH3 is 2. The molecule has 1 aromatic carbocycles. The van der Waals surface area contributed by atoms with Crippen LogP contribution in [0.5, 0.6) is 11.5 Å². The van der Waals surface area contributed by atoms with Gasteiger partial charge in [-0.2, -0.15) is 0 Å². The van der Waals surface area contributed by atoms with Gasteiger partial charge in [0.2, 0.25) is 0 Å². The minimum Gasteiger partial charge on any atom is -0.493 e. The Morgan fingerprint density at radius 1 is 1.05 bits per heavy atom. The van der Waals surface area contributed by atoms with E-state index in [-0.39, 0.29) is 0 Å². The number of nitrogens with one attached hydrogen (secondary N) is 1. The molecule has 3 nitrogen and oxygen atoms in total. The molecule has 0 unspecified atom stereocenters. The van der Waals surface area contributed by atoms with Crippen LogP contribution in [0.1, 0.15) is 51.0 Å². The van der Waals surface area contributed by atoms with Crippen LogP contribution in [0.2, 0.25) is 0 Å². The van der Waals surface area contributed by atoms with E-state index in [9.17, 15) is 0 Å². The molecule has 1 aliphatic rings. The molecule has 0 bridgehead atoms. The van der Waals surface area contributed by atoms with Gasteiger partial charge in [0.1, 0.15) is 0 Å². The van der Waals surface area contributed by atoms with Gasteiger partial charge >= 0.3 is 0 Å². The SMILES string of the molecule is COc1ccc(CN[C@@H](C)C2CCCCCC2)cc1OC. The molecule has 0 aliphatic heterocycles. The Hall–Kier alpha value is -1.22. The first kappa shape index (κ1) is 16.2. The second kappa shape index (κ2) is 8.28. The monoisotopic (exact) mass is 291 g/mol. The molecule has 0 spiro atoms. The lowest BCUT2D eigenvalue weighted by Crippen LogP contribution is -2.32. The van der Waals surface area contributed by atoms with Crippen molar-refractivity contribution >= 4 is 0 Å². The molecule has 118 valence electrons. The minimum atomic E-state index is 0.580. The first-order valence-corrected chi connectivity index (χ1v) is 8.19. The standard InChI is InChI=1S/C18H29NO2/c1-14(16-8-6-4-5-7-9-16)19-13-15-10-11-17(20-2)18(12-15)21-3/h10-12,14,16,19H,4-9,13H2,1-3H3/t14-/m0/s1. The summed E-state index contributed by atoms with van der Waals surface area (Å²) in [5.74, 6) is 2.42. The van der Waals surface area contributed by atoms with Gasteiger partial charge in [-0.3, -0.25) is 0 Å². The summed E-state index contributed by atoms with van der Waals surface area (Å²) in [7, 11) is 3.35. The van der Waals surface area contributed by atoms with Gasteiger partial charge in [-0.05, 0) is 43.4 Å². The van der Waals surface area contributed by atoms with Crippen LogP contribution in [0.25, 0.3) is 0 Å². The topological polar surface area (TPSA) is 30.5 Å². The number of benzene rings is 1. The molecule has 0 saturated heterocycles. The molecular weight excluding hydrogens is 262 g/mol. The van der Waals surface area contributed by atoms with Crippen molar-refractivity contribution in [1.82, 2.24) is 5.32 Å². The number of rotatable bonds is 6. The van der Waals surface area contributed by atoms with Crippen LogP contribution < -0.4 is 14.8 Å². The van der Waals surface area contributed by atoms with Crippen molar-refractivity contribution in [3.05, 3.63) is 23.8 Å². The molecule has 1 aliphatic carbocycles. The zero-order chi connectivity index (χ0) is 15.1. The molecule has 0 radical (unpaired) electrons. The van der Waals surface area contributed by atoms with Crippen LogP contribution in [0, 0.1) is 5.92 Å². The van der Waals surface area contributed by atoms with Gasteiger partial charge in [-0.15, -0.1) is 0 Å². The minimum absolute atomic E-state index is 0.580. The largest absolute Gasteiger partial charge is 0.493 e. The molecule has 1 N–H and O–H groups in total. The summed E-state index contributed by atoms with van der Waals surface area (Å²) in [4.78, 5) is 0. The highest BCUT2D eigenvalue weighted by atomic mass is 16.5. The first-order valence-electron chi connectivity index (χ1n) is 8.19. The lowest BCUT2D eigenvalue weighted by molar-refractivity contribution is 0.335. The van der Waals surface area contributed by atoms with E-state index in [4.69, 9.17) is 9.47 Å². The lowest BCUT2D eigenvalue weighted by atomic mass is 9.93. The molecule has 1 fully saturated rings. The van der Waals surface area contributed by atoms with Gasteiger partial charge in [-0.25, -0.2) is 0 Å². The second-order valence-electron chi connectivity index (χ2n) is 6.11. The Morgan fingerprint density at radius 2 is 1.71 bits per heavy atom. The van der Waals surface area contributed by atoms with E-state index in [1.165, 1.54) is 44.1 Å². The third-order valence-corrected chi connectivity index (χ3v) is 4.68. The van der Waals surface area contributed by atoms with E-state index in [1.807, 2.05) is 6.07 Å². The van der Waals surface area contributed by atoms with Crippen LogP contribution in [0.3, 0.4) is 0 Å². The molecule has 1 atom stereocenters. The van der Waals surface area contributed by atoms with Crippen molar-refractivity contribution in [2.45, 2.75) is 58.0 Å². The maximum atomic E-state index is 5.36. The predicted octanol–water partition coefficient (Wildman–Crippen LogP) is 4.15. The van der Waals surface area contributed by atoms with Crippen LogP contribution in [0.4, 0.5) is 0 Å². The summed E-state index contributed by atoms with van der Waals surface area (Å²) in [6, 6.07) is 6.72. The lowest BCUT2D eigenvalue weighted by Gasteiger charge is -2.24. The Morgan fingerprint density at radius 3 is 2.33 bits per heavy atom. The van der Waals surface area contributed by atoms with Gasteiger partial charge in [0.05, 0.1) is 14.2 Å². The fourth-order valence-electron chi connectivity index (χ4n) is 3.25. The fraction of sp³-hybridized carbons (Fsp3) is 0.667. The highest BCUT2D eigenvalue weighted by Crippen LogP contribution is 2.28. The van der Waals surface area contributed by atoms with Crippen molar-refractivity contribution in [3.63, 3.8) is 0 Å². The molecule has 1 saturated carbocycles. The summed E-state index contributed by atoms with van der Waals surface area (Å²) in [6.07, 6.45) is 8.37. The van der Waals surface area contributed by atoms with E-state index < -0.39 is 0 Å². The van der Waals surface area contributed by atoms with Gasteiger partial charge < -0.3 is 14.8 Å². The third kappa shape index (κ3) is 4.63. The van der Waals surface area contributed by atoms with Crippen molar-refractivity contribution in [3.8, 4) is 11.5 Å². The zero-order valence-corrected chi connectivity index (χ0v) is 13.7. The summed E-state index contributed by atoms with van der Waals surface area (Å²) in [6.45, 7) is 3.22. The molecule has 0 heterocycles. The molecular formula is C18H29NO2. The highest BCUT2D eigenvalue weighted by molar-refractivity contribution is 5.42. The van der Waals surface area contributed by atoms with Gasteiger partial charge in [-0.1, -0.05) is 31.7 Å². The first-order chi connectivity index (χ1) is 10.2. The maximum absolute atomic E-state index is 5.36. The van der Waals surface area contributed by atoms with Crippen molar-refractivity contribution in [2.75, 3.05) is 14.2 Å². The normalized spacial score (nSPS) is 18.0. The van der Waals surface area contributed by atoms with Crippen LogP contribution in [0.15, 0.2) is 18.2 Å². The molecule has 0 aromatic heterocycles. The number of hydrogen-bond acceptors (Lipinski definition) is 3. The fourth-order valence-corrected chi connectivity index (χ4v) is 3.25. The Labute approximate surface area is 129 Å². The molecule has 2 rings (SSSR count). The van der Waals surface area contributed by atoms with Gasteiger partial charge in [0, 0.05) is 12.6 Å². The van der Waals surface area contributed by atoms with E-state index in [0.29, 0.717) is 6.04 Å². The molecule has 0 amide bonds. The Bertz CT molecular complexity index is 425. The van der Waals surface area contributed by atoms with E-state index in [1.54, 1.807) is 14.2 Å². The molecule has 1 aromatic rings. The number of hydrogen-bond donors (Lipinski definition) is 1. The molecule has 21 heavy (non-hydrogen) atoms. The summed E-state index contributed by atoms with van der Waals surface area (Å²) < 4.78 is 10.6. The highest BCUT2D eigenvalue weighted by Gasteiger charge is 2.18. The van der Waals surface area contributed by atoms with Crippen LogP contribution >= 0.6 is 0 Å². The quantitative estimate of drug-likeness (QED) is 0.799. The van der Waals surface area contributed by atoms with Gasteiger partial charge in [0.25, 0.3) is 0 Å². The van der Waals surface area contributed by atoms with Crippen LogP contribution in [-0.2, 0) is 6.54 Å². The van der Waals surface area contributed by atoms with Crippen LogP contribution in [-0.4, -0.2) is 20.3 Å². The van der Waals surface area contributed by atoms with E-state index in [2.05, 4.69) is 24.4 Å². The smallest absolute Gasteiger partial charge is 0.161 e. The average molecular weight is 291 g/mol. The zero-order valence-electron chi connectivity index (χ0n) is 13.7. The average Bonchev–Trinajstić information content (AvgIpc) is 2.81. The summed E-state index contributed by atoms with van der Waals surface area (Å²) in [5, 5.41) is 3.69. The van der Waals surface area contributed by atoms with Crippen molar-refractivity contribution in [2.24, 2.45) is 5.92 Å². The number of ether oxygens (including phenoxy) is 2. The maximum Gasteiger partial charge on any atom is 0.161 e. The second-order valence-corrected chi connectivity index (χ2v) is 6.11. The van der Waals surface area contributed by atoms with E-state index >= 15 is 0 Å². The summed E-state index contributed by atoms with van der Waals surface area (Å²) >= 11 is 0. The van der Waals surface area contributed by atoms with Crippen molar-refractivity contribution in [1.29, 1.82) is 0 Å². The third-order valence-electron chi connectivity index (χ3n) is 4.68. The summed E-state index contributed by atoms with van der Waals surface area (Å²) in [5.41, 5.74) is 1.24. The Kier molecular flexibility index (Phi) is 6.37.